The van der Waals surface area contributed by atoms with Crippen LogP contribution in [-0.2, 0) is 26.4 Å². The molecule has 1 aromatic carbocycles. The first-order valence-electron chi connectivity index (χ1n) is 7.12. The summed E-state index contributed by atoms with van der Waals surface area (Å²) >= 11 is 0. The van der Waals surface area contributed by atoms with Gasteiger partial charge in [-0.25, -0.2) is 0 Å². The van der Waals surface area contributed by atoms with Crippen molar-refractivity contribution in [2.75, 3.05) is 0 Å². The lowest BCUT2D eigenvalue weighted by Gasteiger charge is -2.25. The van der Waals surface area contributed by atoms with E-state index in [0.29, 0.717) is 6.04 Å². The SMILES string of the molecule is Cn1cc(CNC2CCc3ccccc3C2)cc1C#N. The van der Waals surface area contributed by atoms with Crippen LogP contribution in [-0.4, -0.2) is 10.6 Å². The molecule has 1 aliphatic carbocycles. The number of nitrogens with one attached hydrogen (secondary N) is 1. The molecule has 0 radical (unpaired) electrons. The minimum Gasteiger partial charge on any atom is -0.342 e. The fraction of sp³-hybridized carbons (Fsp3) is 0.353. The van der Waals surface area contributed by atoms with Crippen LogP contribution in [0.3, 0.4) is 0 Å². The van der Waals surface area contributed by atoms with Crippen LogP contribution in [0.1, 0.15) is 28.8 Å². The van der Waals surface area contributed by atoms with E-state index in [4.69, 9.17) is 5.26 Å². The molecule has 0 amide bonds. The summed E-state index contributed by atoms with van der Waals surface area (Å²) in [5, 5.41) is 12.6. The summed E-state index contributed by atoms with van der Waals surface area (Å²) in [6.45, 7) is 0.836. The van der Waals surface area contributed by atoms with Crippen LogP contribution in [0.5, 0.6) is 0 Å². The second-order valence-corrected chi connectivity index (χ2v) is 5.55. The van der Waals surface area contributed by atoms with Crippen LogP contribution in [0.2, 0.25) is 0 Å². The molecule has 1 aliphatic rings. The van der Waals surface area contributed by atoms with Crippen molar-refractivity contribution in [3.05, 3.63) is 58.9 Å². The van der Waals surface area contributed by atoms with Gasteiger partial charge >= 0.3 is 0 Å². The minimum atomic E-state index is 0.538. The molecule has 102 valence electrons. The Morgan fingerprint density at radius 1 is 1.35 bits per heavy atom. The van der Waals surface area contributed by atoms with Crippen LogP contribution >= 0.6 is 0 Å². The predicted molar refractivity (Wildman–Crippen MR) is 79.2 cm³/mol. The van der Waals surface area contributed by atoms with Crippen molar-refractivity contribution < 1.29 is 0 Å². The van der Waals surface area contributed by atoms with Crippen LogP contribution in [0.4, 0.5) is 0 Å². The maximum atomic E-state index is 8.97. The highest BCUT2D eigenvalue weighted by atomic mass is 14.9. The Bertz CT molecular complexity index is 648. The fourth-order valence-electron chi connectivity index (χ4n) is 2.97. The first kappa shape index (κ1) is 13.0. The van der Waals surface area contributed by atoms with Crippen LogP contribution in [0, 0.1) is 11.3 Å². The molecule has 3 nitrogen and oxygen atoms in total. The van der Waals surface area contributed by atoms with E-state index in [-0.39, 0.29) is 0 Å². The highest BCUT2D eigenvalue weighted by Crippen LogP contribution is 2.21. The number of benzene rings is 1. The maximum Gasteiger partial charge on any atom is 0.120 e. The van der Waals surface area contributed by atoms with Crippen molar-refractivity contribution in [1.29, 1.82) is 5.26 Å². The first-order chi connectivity index (χ1) is 9.76. The van der Waals surface area contributed by atoms with Gasteiger partial charge in [0.1, 0.15) is 11.8 Å². The standard InChI is InChI=1S/C17H19N3/c1-20-12-13(8-17(20)10-18)11-19-16-7-6-14-4-2-3-5-15(14)9-16/h2-5,8,12,16,19H,6-7,9,11H2,1H3. The molecule has 1 atom stereocenters. The number of rotatable bonds is 3. The van der Waals surface area contributed by atoms with Crippen molar-refractivity contribution in [1.82, 2.24) is 9.88 Å². The van der Waals surface area contributed by atoms with E-state index in [1.807, 2.05) is 23.9 Å². The lowest BCUT2D eigenvalue weighted by Crippen LogP contribution is -2.33. The van der Waals surface area contributed by atoms with Gasteiger partial charge in [-0.05, 0) is 42.0 Å². The van der Waals surface area contributed by atoms with Gasteiger partial charge in [-0.1, -0.05) is 24.3 Å². The van der Waals surface area contributed by atoms with Crippen molar-refractivity contribution in [3.8, 4) is 6.07 Å². The third kappa shape index (κ3) is 2.61. The zero-order valence-electron chi connectivity index (χ0n) is 11.8. The van der Waals surface area contributed by atoms with E-state index in [1.54, 1.807) is 0 Å². The molecule has 0 fully saturated rings. The summed E-state index contributed by atoms with van der Waals surface area (Å²) in [5.41, 5.74) is 4.87. The molecular formula is C17H19N3. The highest BCUT2D eigenvalue weighted by molar-refractivity contribution is 5.31. The van der Waals surface area contributed by atoms with E-state index in [1.165, 1.54) is 23.1 Å². The minimum absolute atomic E-state index is 0.538. The summed E-state index contributed by atoms with van der Waals surface area (Å²) in [6.07, 6.45) is 5.48. The average Bonchev–Trinajstić information content (AvgIpc) is 2.85. The Labute approximate surface area is 119 Å². The van der Waals surface area contributed by atoms with Gasteiger partial charge in [0.25, 0.3) is 0 Å². The molecule has 0 bridgehead atoms. The second-order valence-electron chi connectivity index (χ2n) is 5.55. The van der Waals surface area contributed by atoms with E-state index >= 15 is 0 Å². The molecule has 0 aliphatic heterocycles. The first-order valence-corrected chi connectivity index (χ1v) is 7.12. The second kappa shape index (κ2) is 5.52. The number of nitrogens with zero attached hydrogens (tertiary/aromatic N) is 2. The third-order valence-electron chi connectivity index (χ3n) is 4.12. The molecular weight excluding hydrogens is 246 g/mol. The molecule has 1 unspecified atom stereocenters. The largest absolute Gasteiger partial charge is 0.342 e. The number of aromatic nitrogens is 1. The Balaban J connectivity index is 1.61. The third-order valence-corrected chi connectivity index (χ3v) is 4.12. The van der Waals surface area contributed by atoms with Crippen LogP contribution < -0.4 is 5.32 Å². The molecule has 0 saturated heterocycles. The lowest BCUT2D eigenvalue weighted by atomic mass is 9.88. The van der Waals surface area contributed by atoms with Gasteiger partial charge < -0.3 is 9.88 Å². The quantitative estimate of drug-likeness (QED) is 0.926. The van der Waals surface area contributed by atoms with Gasteiger partial charge in [-0.15, -0.1) is 0 Å². The van der Waals surface area contributed by atoms with Gasteiger partial charge in [0, 0.05) is 25.8 Å². The number of nitriles is 1. The Hall–Kier alpha value is -2.05. The normalized spacial score (nSPS) is 17.5. The molecule has 0 saturated carbocycles. The summed E-state index contributed by atoms with van der Waals surface area (Å²) in [4.78, 5) is 0. The van der Waals surface area contributed by atoms with E-state index < -0.39 is 0 Å². The van der Waals surface area contributed by atoms with Gasteiger partial charge in [0.15, 0.2) is 0 Å². The number of aryl methyl sites for hydroxylation is 2. The monoisotopic (exact) mass is 265 g/mol. The average molecular weight is 265 g/mol. The highest BCUT2D eigenvalue weighted by Gasteiger charge is 2.17. The van der Waals surface area contributed by atoms with Gasteiger partial charge in [0.05, 0.1) is 0 Å². The molecule has 1 heterocycles. The summed E-state index contributed by atoms with van der Waals surface area (Å²) in [7, 11) is 1.92. The van der Waals surface area contributed by atoms with Crippen molar-refractivity contribution >= 4 is 0 Å². The van der Waals surface area contributed by atoms with Gasteiger partial charge in [-0.3, -0.25) is 0 Å². The zero-order valence-corrected chi connectivity index (χ0v) is 11.8. The predicted octanol–water partition coefficient (Wildman–Crippen LogP) is 2.54. The molecule has 1 N–H and O–H groups in total. The van der Waals surface area contributed by atoms with Crippen molar-refractivity contribution in [2.45, 2.75) is 31.8 Å². The van der Waals surface area contributed by atoms with E-state index in [0.717, 1.165) is 25.1 Å². The summed E-state index contributed by atoms with van der Waals surface area (Å²) < 4.78 is 1.88. The topological polar surface area (TPSA) is 40.8 Å². The Morgan fingerprint density at radius 2 is 2.15 bits per heavy atom. The van der Waals surface area contributed by atoms with Crippen LogP contribution in [0.25, 0.3) is 0 Å². The smallest absolute Gasteiger partial charge is 0.120 e. The molecule has 0 spiro atoms. The van der Waals surface area contributed by atoms with E-state index in [2.05, 4.69) is 35.7 Å². The van der Waals surface area contributed by atoms with Crippen LogP contribution in [0.15, 0.2) is 36.5 Å². The Morgan fingerprint density at radius 3 is 2.90 bits per heavy atom. The fourth-order valence-corrected chi connectivity index (χ4v) is 2.97. The molecule has 1 aromatic heterocycles. The zero-order chi connectivity index (χ0) is 13.9. The number of fused-ring (bicyclic) bond motifs is 1. The molecule has 3 heteroatoms. The van der Waals surface area contributed by atoms with Gasteiger partial charge in [-0.2, -0.15) is 5.26 Å². The van der Waals surface area contributed by atoms with Gasteiger partial charge in [0.2, 0.25) is 0 Å². The summed E-state index contributed by atoms with van der Waals surface area (Å²) in [5.74, 6) is 0. The Kier molecular flexibility index (Phi) is 3.58. The number of hydrogen-bond acceptors (Lipinski definition) is 2. The van der Waals surface area contributed by atoms with E-state index in [9.17, 15) is 0 Å². The molecule has 3 rings (SSSR count). The maximum absolute atomic E-state index is 8.97. The lowest BCUT2D eigenvalue weighted by molar-refractivity contribution is 0.457. The molecule has 20 heavy (non-hydrogen) atoms. The van der Waals surface area contributed by atoms with Crippen molar-refractivity contribution in [2.24, 2.45) is 7.05 Å². The number of hydrogen-bond donors (Lipinski definition) is 1. The molecule has 2 aromatic rings. The van der Waals surface area contributed by atoms with Crippen molar-refractivity contribution in [3.63, 3.8) is 0 Å². The summed E-state index contributed by atoms with van der Waals surface area (Å²) in [6, 6.07) is 13.4.